The van der Waals surface area contributed by atoms with Crippen LogP contribution in [0.1, 0.15) is 19.3 Å². The zero-order valence-corrected chi connectivity index (χ0v) is 7.75. The molecular weight excluding hydrogens is 170 g/mol. The van der Waals surface area contributed by atoms with Crippen molar-refractivity contribution < 1.29 is 14.6 Å². The second kappa shape index (κ2) is 4.28. The van der Waals surface area contributed by atoms with E-state index in [0.717, 1.165) is 18.9 Å². The van der Waals surface area contributed by atoms with Gasteiger partial charge >= 0.3 is 5.97 Å². The first kappa shape index (κ1) is 10.1. The Bertz CT molecular complexity index is 203. The van der Waals surface area contributed by atoms with Gasteiger partial charge in [-0.2, -0.15) is 0 Å². The quantitative estimate of drug-likeness (QED) is 0.620. The summed E-state index contributed by atoms with van der Waals surface area (Å²) in [6, 6.07) is 0. The van der Waals surface area contributed by atoms with Crippen molar-refractivity contribution in [1.82, 2.24) is 5.32 Å². The van der Waals surface area contributed by atoms with E-state index in [-0.39, 0.29) is 5.60 Å². The summed E-state index contributed by atoms with van der Waals surface area (Å²) in [4.78, 5) is 10.1. The highest BCUT2D eigenvalue weighted by atomic mass is 16.5. The predicted molar refractivity (Wildman–Crippen MR) is 48.4 cm³/mol. The number of nitrogens with one attached hydrogen (secondary N) is 1. The van der Waals surface area contributed by atoms with E-state index in [1.807, 2.05) is 0 Å². The Morgan fingerprint density at radius 2 is 2.38 bits per heavy atom. The predicted octanol–water partition coefficient (Wildman–Crippen LogP) is 0.743. The molecule has 1 aliphatic rings. The van der Waals surface area contributed by atoms with Gasteiger partial charge in [-0.1, -0.05) is 0 Å². The summed E-state index contributed by atoms with van der Waals surface area (Å²) in [5, 5.41) is 11.2. The summed E-state index contributed by atoms with van der Waals surface area (Å²) in [6.45, 7) is 0.688. The van der Waals surface area contributed by atoms with Crippen LogP contribution in [0, 0.1) is 0 Å². The van der Waals surface area contributed by atoms with E-state index in [9.17, 15) is 4.79 Å². The fourth-order valence-electron chi connectivity index (χ4n) is 1.40. The van der Waals surface area contributed by atoms with Crippen LogP contribution in [0.3, 0.4) is 0 Å². The third-order valence-corrected chi connectivity index (χ3v) is 2.47. The van der Waals surface area contributed by atoms with Crippen LogP contribution < -0.4 is 5.32 Å². The van der Waals surface area contributed by atoms with Crippen molar-refractivity contribution in [3.05, 3.63) is 12.3 Å². The standard InChI is InChI=1S/C9H15NO3/c1-13-9(4-2-5-9)7-10-6-3-8(11)12/h3,6,10H,2,4-5,7H2,1H3,(H,11,12)/b6-3+. The molecule has 0 aromatic rings. The van der Waals surface area contributed by atoms with Crippen LogP contribution in [-0.4, -0.2) is 30.3 Å². The lowest BCUT2D eigenvalue weighted by Gasteiger charge is -2.40. The minimum Gasteiger partial charge on any atom is -0.478 e. The molecule has 4 nitrogen and oxygen atoms in total. The smallest absolute Gasteiger partial charge is 0.329 e. The minimum absolute atomic E-state index is 0.0527. The number of rotatable bonds is 5. The van der Waals surface area contributed by atoms with Gasteiger partial charge in [-0.25, -0.2) is 4.79 Å². The summed E-state index contributed by atoms with van der Waals surface area (Å²) in [6.07, 6.45) is 5.83. The van der Waals surface area contributed by atoms with E-state index in [0.29, 0.717) is 6.54 Å². The molecule has 0 aromatic heterocycles. The Balaban J connectivity index is 2.21. The molecule has 1 fully saturated rings. The van der Waals surface area contributed by atoms with Crippen molar-refractivity contribution in [2.45, 2.75) is 24.9 Å². The molecule has 13 heavy (non-hydrogen) atoms. The fourth-order valence-corrected chi connectivity index (χ4v) is 1.40. The fraction of sp³-hybridized carbons (Fsp3) is 0.667. The highest BCUT2D eigenvalue weighted by molar-refractivity contribution is 5.79. The minimum atomic E-state index is -0.937. The maximum absolute atomic E-state index is 10.1. The van der Waals surface area contributed by atoms with Crippen LogP contribution in [0.5, 0.6) is 0 Å². The molecule has 4 heteroatoms. The molecule has 0 unspecified atom stereocenters. The molecule has 1 rings (SSSR count). The zero-order valence-electron chi connectivity index (χ0n) is 7.75. The number of ether oxygens (including phenoxy) is 1. The van der Waals surface area contributed by atoms with Gasteiger partial charge in [0.05, 0.1) is 5.60 Å². The molecule has 0 amide bonds. The Kier molecular flexibility index (Phi) is 3.31. The lowest BCUT2D eigenvalue weighted by molar-refractivity contribution is -0.131. The molecule has 0 heterocycles. The van der Waals surface area contributed by atoms with Gasteiger partial charge < -0.3 is 15.2 Å². The molecule has 0 bridgehead atoms. The Hall–Kier alpha value is -1.03. The van der Waals surface area contributed by atoms with E-state index in [1.165, 1.54) is 12.6 Å². The maximum Gasteiger partial charge on any atom is 0.329 e. The van der Waals surface area contributed by atoms with Gasteiger partial charge in [-0.05, 0) is 19.3 Å². The SMILES string of the molecule is COC1(CN/C=C/C(=O)O)CCC1. The summed E-state index contributed by atoms with van der Waals surface area (Å²) in [5.74, 6) is -0.937. The maximum atomic E-state index is 10.1. The summed E-state index contributed by atoms with van der Waals surface area (Å²) < 4.78 is 5.34. The molecule has 0 atom stereocenters. The van der Waals surface area contributed by atoms with Crippen LogP contribution in [0.2, 0.25) is 0 Å². The third-order valence-electron chi connectivity index (χ3n) is 2.47. The van der Waals surface area contributed by atoms with Crippen molar-refractivity contribution in [3.63, 3.8) is 0 Å². The third kappa shape index (κ3) is 2.73. The molecule has 1 aliphatic carbocycles. The largest absolute Gasteiger partial charge is 0.478 e. The average molecular weight is 185 g/mol. The Morgan fingerprint density at radius 3 is 2.77 bits per heavy atom. The van der Waals surface area contributed by atoms with Gasteiger partial charge in [0.15, 0.2) is 0 Å². The summed E-state index contributed by atoms with van der Waals surface area (Å²) in [5.41, 5.74) is -0.0527. The van der Waals surface area contributed by atoms with Gasteiger partial charge in [0.25, 0.3) is 0 Å². The zero-order chi connectivity index (χ0) is 9.73. The number of methoxy groups -OCH3 is 1. The van der Waals surface area contributed by atoms with Crippen LogP contribution in [0.15, 0.2) is 12.3 Å². The number of carboxylic acid groups (broad SMARTS) is 1. The first-order chi connectivity index (χ1) is 6.18. The molecule has 0 aliphatic heterocycles. The van der Waals surface area contributed by atoms with E-state index >= 15 is 0 Å². The monoisotopic (exact) mass is 185 g/mol. The number of carboxylic acids is 1. The number of hydrogen-bond donors (Lipinski definition) is 2. The van der Waals surface area contributed by atoms with E-state index in [4.69, 9.17) is 9.84 Å². The van der Waals surface area contributed by atoms with Crippen molar-refractivity contribution in [2.24, 2.45) is 0 Å². The number of carbonyl (C=O) groups is 1. The summed E-state index contributed by atoms with van der Waals surface area (Å²) in [7, 11) is 1.70. The van der Waals surface area contributed by atoms with Gasteiger partial charge in [0.1, 0.15) is 0 Å². The number of aliphatic carboxylic acids is 1. The van der Waals surface area contributed by atoms with Gasteiger partial charge in [-0.3, -0.25) is 0 Å². The Morgan fingerprint density at radius 1 is 1.69 bits per heavy atom. The van der Waals surface area contributed by atoms with Crippen molar-refractivity contribution in [3.8, 4) is 0 Å². The second-order valence-corrected chi connectivity index (χ2v) is 3.29. The average Bonchev–Trinajstić information content (AvgIpc) is 2.01. The van der Waals surface area contributed by atoms with Gasteiger partial charge in [-0.15, -0.1) is 0 Å². The van der Waals surface area contributed by atoms with Gasteiger partial charge in [0, 0.05) is 25.9 Å². The van der Waals surface area contributed by atoms with Crippen molar-refractivity contribution >= 4 is 5.97 Å². The van der Waals surface area contributed by atoms with E-state index in [2.05, 4.69) is 5.32 Å². The van der Waals surface area contributed by atoms with Crippen LogP contribution >= 0.6 is 0 Å². The lowest BCUT2D eigenvalue weighted by atomic mass is 9.80. The molecule has 0 spiro atoms. The lowest BCUT2D eigenvalue weighted by Crippen LogP contribution is -2.46. The topological polar surface area (TPSA) is 58.6 Å². The van der Waals surface area contributed by atoms with Crippen LogP contribution in [-0.2, 0) is 9.53 Å². The van der Waals surface area contributed by atoms with Crippen molar-refractivity contribution in [1.29, 1.82) is 0 Å². The molecule has 2 N–H and O–H groups in total. The molecule has 0 radical (unpaired) electrons. The molecular formula is C9H15NO3. The van der Waals surface area contributed by atoms with E-state index in [1.54, 1.807) is 7.11 Å². The van der Waals surface area contributed by atoms with Crippen LogP contribution in [0.25, 0.3) is 0 Å². The summed E-state index contributed by atoms with van der Waals surface area (Å²) >= 11 is 0. The molecule has 74 valence electrons. The Labute approximate surface area is 77.6 Å². The van der Waals surface area contributed by atoms with Crippen molar-refractivity contribution in [2.75, 3.05) is 13.7 Å². The highest BCUT2D eigenvalue weighted by Crippen LogP contribution is 2.34. The normalized spacial score (nSPS) is 19.8. The van der Waals surface area contributed by atoms with Gasteiger partial charge in [0.2, 0.25) is 0 Å². The molecule has 0 aromatic carbocycles. The highest BCUT2D eigenvalue weighted by Gasteiger charge is 2.36. The second-order valence-electron chi connectivity index (χ2n) is 3.29. The van der Waals surface area contributed by atoms with Crippen LogP contribution in [0.4, 0.5) is 0 Å². The first-order valence-corrected chi connectivity index (χ1v) is 4.37. The van der Waals surface area contributed by atoms with E-state index < -0.39 is 5.97 Å². The molecule has 1 saturated carbocycles. The molecule has 0 saturated heterocycles. The first-order valence-electron chi connectivity index (χ1n) is 4.37. The number of hydrogen-bond acceptors (Lipinski definition) is 3.